The number of anilines is 1. The number of para-hydroxylation sites is 1. The molecule has 0 saturated carbocycles. The Kier molecular flexibility index (Phi) is 5.33. The van der Waals surface area contributed by atoms with E-state index in [1.165, 1.54) is 17.0 Å². The molecule has 31 heavy (non-hydrogen) atoms. The van der Waals surface area contributed by atoms with Crippen molar-refractivity contribution in [2.24, 2.45) is 5.41 Å². The Hall–Kier alpha value is -3.15. The fraction of sp³-hybridized carbons (Fsp3) is 0.360. The normalized spacial score (nSPS) is 20.5. The minimum atomic E-state index is -0.444. The van der Waals surface area contributed by atoms with Crippen molar-refractivity contribution in [1.29, 1.82) is 0 Å². The molecule has 2 aromatic rings. The standard InChI is InChI=1S/C25H26FNO4/c1-25(2)13-19-23(20(28)14-25)18(17-9-6-10-21(30-3)24(17)31-4)12-22(29)27(19)16-8-5-7-15(26)11-16/h5-11,18H,12-14H2,1-4H3/t18-/m1/s1. The van der Waals surface area contributed by atoms with Gasteiger partial charge in [-0.15, -0.1) is 0 Å². The molecule has 1 aliphatic carbocycles. The highest BCUT2D eigenvalue weighted by Gasteiger charge is 2.45. The van der Waals surface area contributed by atoms with E-state index in [0.717, 1.165) is 5.56 Å². The zero-order valence-electron chi connectivity index (χ0n) is 18.2. The first kappa shape index (κ1) is 21.1. The number of halogens is 1. The number of benzene rings is 2. The van der Waals surface area contributed by atoms with Gasteiger partial charge >= 0.3 is 0 Å². The van der Waals surface area contributed by atoms with Crippen LogP contribution >= 0.6 is 0 Å². The second-order valence-electron chi connectivity index (χ2n) is 8.85. The number of amides is 1. The predicted molar refractivity (Wildman–Crippen MR) is 116 cm³/mol. The second kappa shape index (κ2) is 7.84. The van der Waals surface area contributed by atoms with Crippen LogP contribution in [0.15, 0.2) is 53.7 Å². The summed E-state index contributed by atoms with van der Waals surface area (Å²) in [5.41, 5.74) is 2.14. The van der Waals surface area contributed by atoms with Gasteiger partial charge in [-0.1, -0.05) is 32.0 Å². The molecule has 1 aliphatic heterocycles. The highest BCUT2D eigenvalue weighted by molar-refractivity contribution is 6.08. The molecule has 0 N–H and O–H groups in total. The largest absolute Gasteiger partial charge is 0.493 e. The van der Waals surface area contributed by atoms with E-state index in [0.29, 0.717) is 41.3 Å². The van der Waals surface area contributed by atoms with Gasteiger partial charge in [0.25, 0.3) is 0 Å². The Morgan fingerprint density at radius 3 is 2.45 bits per heavy atom. The molecule has 5 nitrogen and oxygen atoms in total. The van der Waals surface area contributed by atoms with Crippen LogP contribution in [0.5, 0.6) is 11.5 Å². The van der Waals surface area contributed by atoms with Gasteiger partial charge in [-0.25, -0.2) is 4.39 Å². The summed E-state index contributed by atoms with van der Waals surface area (Å²) in [6, 6.07) is 11.4. The van der Waals surface area contributed by atoms with Crippen molar-refractivity contribution in [3.8, 4) is 11.5 Å². The zero-order chi connectivity index (χ0) is 22.3. The first-order valence-electron chi connectivity index (χ1n) is 10.3. The monoisotopic (exact) mass is 423 g/mol. The number of rotatable bonds is 4. The molecule has 0 saturated heterocycles. The van der Waals surface area contributed by atoms with Crippen molar-refractivity contribution in [1.82, 2.24) is 0 Å². The Bertz CT molecular complexity index is 1090. The Morgan fingerprint density at radius 1 is 1.03 bits per heavy atom. The number of allylic oxidation sites excluding steroid dienone is 2. The Balaban J connectivity index is 1.94. The number of ketones is 1. The summed E-state index contributed by atoms with van der Waals surface area (Å²) >= 11 is 0. The summed E-state index contributed by atoms with van der Waals surface area (Å²) in [5, 5.41) is 0. The number of nitrogens with zero attached hydrogens (tertiary/aromatic N) is 1. The van der Waals surface area contributed by atoms with Crippen LogP contribution in [0.3, 0.4) is 0 Å². The van der Waals surface area contributed by atoms with Gasteiger partial charge < -0.3 is 9.47 Å². The van der Waals surface area contributed by atoms with Crippen molar-refractivity contribution < 1.29 is 23.5 Å². The predicted octanol–water partition coefficient (Wildman–Crippen LogP) is 5.01. The third kappa shape index (κ3) is 3.71. The fourth-order valence-corrected chi connectivity index (χ4v) is 4.78. The fourth-order valence-electron chi connectivity index (χ4n) is 4.78. The van der Waals surface area contributed by atoms with Gasteiger partial charge in [0.05, 0.1) is 19.9 Å². The number of ether oxygens (including phenoxy) is 2. The quantitative estimate of drug-likeness (QED) is 0.694. The molecular weight excluding hydrogens is 397 g/mol. The molecule has 4 rings (SSSR count). The van der Waals surface area contributed by atoms with Gasteiger partial charge in [0, 0.05) is 35.6 Å². The second-order valence-corrected chi connectivity index (χ2v) is 8.85. The lowest BCUT2D eigenvalue weighted by molar-refractivity contribution is -0.121. The van der Waals surface area contributed by atoms with E-state index in [1.54, 1.807) is 32.4 Å². The SMILES string of the molecule is COc1cccc([C@H]2CC(=O)N(c3cccc(F)c3)C3=C2C(=O)CC(C)(C)C3)c1OC. The van der Waals surface area contributed by atoms with Gasteiger partial charge in [0.2, 0.25) is 5.91 Å². The minimum Gasteiger partial charge on any atom is -0.493 e. The summed E-state index contributed by atoms with van der Waals surface area (Å²) in [4.78, 5) is 28.3. The van der Waals surface area contributed by atoms with E-state index in [1.807, 2.05) is 26.0 Å². The van der Waals surface area contributed by atoms with E-state index >= 15 is 0 Å². The van der Waals surface area contributed by atoms with Crippen LogP contribution in [0.4, 0.5) is 10.1 Å². The van der Waals surface area contributed by atoms with E-state index < -0.39 is 11.7 Å². The van der Waals surface area contributed by atoms with Crippen molar-refractivity contribution in [3.05, 3.63) is 65.1 Å². The maximum absolute atomic E-state index is 14.0. The van der Waals surface area contributed by atoms with Gasteiger partial charge in [0.15, 0.2) is 17.3 Å². The molecule has 1 heterocycles. The van der Waals surface area contributed by atoms with Gasteiger partial charge in [0.1, 0.15) is 5.82 Å². The highest BCUT2D eigenvalue weighted by atomic mass is 19.1. The molecule has 0 aromatic heterocycles. The smallest absolute Gasteiger partial charge is 0.232 e. The summed E-state index contributed by atoms with van der Waals surface area (Å²) < 4.78 is 25.0. The molecule has 1 amide bonds. The van der Waals surface area contributed by atoms with Crippen molar-refractivity contribution in [2.45, 2.75) is 39.0 Å². The summed E-state index contributed by atoms with van der Waals surface area (Å²) in [7, 11) is 3.10. The molecule has 0 bridgehead atoms. The lowest BCUT2D eigenvalue weighted by Gasteiger charge is -2.43. The molecule has 0 radical (unpaired) electrons. The summed E-state index contributed by atoms with van der Waals surface area (Å²) in [5.74, 6) is 0.0309. The van der Waals surface area contributed by atoms with Gasteiger partial charge in [-0.3, -0.25) is 14.5 Å². The van der Waals surface area contributed by atoms with Gasteiger partial charge in [-0.05, 0) is 36.1 Å². The molecule has 2 aliphatic rings. The van der Waals surface area contributed by atoms with E-state index in [2.05, 4.69) is 0 Å². The highest BCUT2D eigenvalue weighted by Crippen LogP contribution is 2.50. The zero-order valence-corrected chi connectivity index (χ0v) is 18.2. The average Bonchev–Trinajstić information content (AvgIpc) is 2.71. The van der Waals surface area contributed by atoms with E-state index in [9.17, 15) is 14.0 Å². The minimum absolute atomic E-state index is 0.00928. The number of hydrogen-bond acceptors (Lipinski definition) is 4. The molecule has 2 aromatic carbocycles. The van der Waals surface area contributed by atoms with Crippen LogP contribution in [-0.4, -0.2) is 25.9 Å². The van der Waals surface area contributed by atoms with Crippen LogP contribution in [0, 0.1) is 11.2 Å². The van der Waals surface area contributed by atoms with E-state index in [4.69, 9.17) is 9.47 Å². The van der Waals surface area contributed by atoms with Crippen molar-refractivity contribution >= 4 is 17.4 Å². The maximum atomic E-state index is 14.0. The topological polar surface area (TPSA) is 55.8 Å². The molecule has 6 heteroatoms. The number of Topliss-reactive ketones (excluding diaryl/α,β-unsaturated/α-hetero) is 1. The molecule has 1 atom stereocenters. The molecule has 0 fully saturated rings. The molecular formula is C25H26FNO4. The van der Waals surface area contributed by atoms with Crippen molar-refractivity contribution in [2.75, 3.05) is 19.1 Å². The Labute approximate surface area is 181 Å². The Morgan fingerprint density at radius 2 is 1.77 bits per heavy atom. The van der Waals surface area contributed by atoms with Crippen LogP contribution < -0.4 is 14.4 Å². The number of carbonyl (C=O) groups is 2. The summed E-state index contributed by atoms with van der Waals surface area (Å²) in [6.45, 7) is 4.03. The van der Waals surface area contributed by atoms with Crippen LogP contribution in [0.25, 0.3) is 0 Å². The molecule has 162 valence electrons. The first-order chi connectivity index (χ1) is 14.8. The first-order valence-corrected chi connectivity index (χ1v) is 10.3. The number of carbonyl (C=O) groups excluding carboxylic acids is 2. The number of methoxy groups -OCH3 is 2. The third-order valence-electron chi connectivity index (χ3n) is 6.02. The van der Waals surface area contributed by atoms with Gasteiger partial charge in [-0.2, -0.15) is 0 Å². The lowest BCUT2D eigenvalue weighted by atomic mass is 9.69. The van der Waals surface area contributed by atoms with Crippen LogP contribution in [0.1, 0.15) is 44.6 Å². The summed E-state index contributed by atoms with van der Waals surface area (Å²) in [6.07, 6.45) is 1.02. The van der Waals surface area contributed by atoms with Crippen LogP contribution in [0.2, 0.25) is 0 Å². The average molecular weight is 423 g/mol. The van der Waals surface area contributed by atoms with Crippen molar-refractivity contribution in [3.63, 3.8) is 0 Å². The third-order valence-corrected chi connectivity index (χ3v) is 6.02. The molecule has 0 unspecified atom stereocenters. The maximum Gasteiger partial charge on any atom is 0.232 e. The number of hydrogen-bond donors (Lipinski definition) is 0. The molecule has 0 spiro atoms. The van der Waals surface area contributed by atoms with Crippen LogP contribution in [-0.2, 0) is 9.59 Å². The lowest BCUT2D eigenvalue weighted by Crippen LogP contribution is -2.43. The van der Waals surface area contributed by atoms with E-state index in [-0.39, 0.29) is 23.5 Å².